The summed E-state index contributed by atoms with van der Waals surface area (Å²) in [5.74, 6) is 0. The molecular formula is C12H20OSi. The molecule has 14 heavy (non-hydrogen) atoms. The van der Waals surface area contributed by atoms with Crippen molar-refractivity contribution in [2.45, 2.75) is 38.7 Å². The van der Waals surface area contributed by atoms with Crippen molar-refractivity contribution in [1.82, 2.24) is 0 Å². The normalized spacial score (nSPS) is 11.7. The van der Waals surface area contributed by atoms with E-state index in [0.717, 1.165) is 5.56 Å². The highest BCUT2D eigenvalue weighted by atomic mass is 28.3. The highest BCUT2D eigenvalue weighted by Crippen LogP contribution is 2.14. The maximum atomic E-state index is 8.89. The Balaban J connectivity index is 2.52. The second-order valence-corrected chi connectivity index (χ2v) is 10.7. The molecule has 0 saturated heterocycles. The quantitative estimate of drug-likeness (QED) is 0.754. The summed E-state index contributed by atoms with van der Waals surface area (Å²) < 4.78 is 0. The third-order valence-corrected chi connectivity index (χ3v) is 4.12. The van der Waals surface area contributed by atoms with Gasteiger partial charge in [-0.05, 0) is 17.5 Å². The summed E-state index contributed by atoms with van der Waals surface area (Å²) in [6.45, 7) is 7.34. The lowest BCUT2D eigenvalue weighted by molar-refractivity contribution is 0.282. The molecule has 0 saturated carbocycles. The van der Waals surface area contributed by atoms with E-state index in [0.29, 0.717) is 0 Å². The molecule has 78 valence electrons. The van der Waals surface area contributed by atoms with E-state index >= 15 is 0 Å². The zero-order valence-electron chi connectivity index (χ0n) is 9.38. The van der Waals surface area contributed by atoms with Crippen molar-refractivity contribution in [2.75, 3.05) is 0 Å². The van der Waals surface area contributed by atoms with Crippen LogP contribution in [0.4, 0.5) is 0 Å². The van der Waals surface area contributed by atoms with Gasteiger partial charge in [-0.1, -0.05) is 50.0 Å². The van der Waals surface area contributed by atoms with Gasteiger partial charge in [-0.3, -0.25) is 0 Å². The van der Waals surface area contributed by atoms with Gasteiger partial charge in [0.1, 0.15) is 0 Å². The Kier molecular flexibility index (Phi) is 3.90. The first kappa shape index (κ1) is 11.5. The van der Waals surface area contributed by atoms with Crippen LogP contribution in [-0.2, 0) is 13.0 Å². The Morgan fingerprint density at radius 3 is 1.93 bits per heavy atom. The summed E-state index contributed by atoms with van der Waals surface area (Å²) in [4.78, 5) is 0. The summed E-state index contributed by atoms with van der Waals surface area (Å²) in [5.41, 5.74) is 2.39. The average Bonchev–Trinajstić information content (AvgIpc) is 2.14. The average molecular weight is 208 g/mol. The van der Waals surface area contributed by atoms with Crippen LogP contribution in [0.25, 0.3) is 0 Å². The summed E-state index contributed by atoms with van der Waals surface area (Å²) in [5, 5.41) is 8.89. The van der Waals surface area contributed by atoms with Gasteiger partial charge in [0.15, 0.2) is 0 Å². The monoisotopic (exact) mass is 208 g/mol. The van der Waals surface area contributed by atoms with Crippen molar-refractivity contribution in [1.29, 1.82) is 0 Å². The molecule has 1 nitrogen and oxygen atoms in total. The first-order valence-electron chi connectivity index (χ1n) is 5.20. The third-order valence-electron chi connectivity index (χ3n) is 2.37. The van der Waals surface area contributed by atoms with E-state index in [1.165, 1.54) is 18.0 Å². The molecule has 1 rings (SSSR count). The molecule has 2 heteroatoms. The van der Waals surface area contributed by atoms with E-state index in [-0.39, 0.29) is 6.61 Å². The van der Waals surface area contributed by atoms with Gasteiger partial charge in [0.25, 0.3) is 0 Å². The molecule has 0 radical (unpaired) electrons. The van der Waals surface area contributed by atoms with E-state index in [4.69, 9.17) is 5.11 Å². The fraction of sp³-hybridized carbons (Fsp3) is 0.500. The summed E-state index contributed by atoms with van der Waals surface area (Å²) in [6, 6.07) is 9.63. The number of hydrogen-bond acceptors (Lipinski definition) is 1. The molecule has 0 atom stereocenters. The molecular weight excluding hydrogens is 188 g/mol. The van der Waals surface area contributed by atoms with Crippen LogP contribution < -0.4 is 0 Å². The lowest BCUT2D eigenvalue weighted by atomic mass is 10.1. The molecule has 1 aromatic rings. The standard InChI is InChI=1S/C12H20OSi/c1-14(2,3)9-8-11-4-6-12(10-13)7-5-11/h4-7,13H,8-10H2,1-3H3. The predicted molar refractivity (Wildman–Crippen MR) is 64.2 cm³/mol. The molecule has 0 unspecified atom stereocenters. The molecule has 0 aliphatic heterocycles. The molecule has 0 heterocycles. The van der Waals surface area contributed by atoms with Gasteiger partial charge in [-0.15, -0.1) is 0 Å². The minimum absolute atomic E-state index is 0.147. The second-order valence-electron chi connectivity index (χ2n) is 5.04. The van der Waals surface area contributed by atoms with Crippen LogP contribution in [0.5, 0.6) is 0 Å². The first-order chi connectivity index (χ1) is 6.51. The molecule has 0 aromatic heterocycles. The lowest BCUT2D eigenvalue weighted by Crippen LogP contribution is -2.19. The third kappa shape index (κ3) is 4.07. The van der Waals surface area contributed by atoms with Crippen molar-refractivity contribution in [3.63, 3.8) is 0 Å². The van der Waals surface area contributed by atoms with Gasteiger partial charge in [-0.2, -0.15) is 0 Å². The topological polar surface area (TPSA) is 20.2 Å². The molecule has 0 aliphatic rings. The van der Waals surface area contributed by atoms with Crippen LogP contribution in [-0.4, -0.2) is 13.2 Å². The Labute approximate surface area is 87.8 Å². The summed E-state index contributed by atoms with van der Waals surface area (Å²) in [6.07, 6.45) is 1.18. The minimum Gasteiger partial charge on any atom is -0.392 e. The van der Waals surface area contributed by atoms with Crippen molar-refractivity contribution < 1.29 is 5.11 Å². The molecule has 1 N–H and O–H groups in total. The van der Waals surface area contributed by atoms with Crippen LogP contribution in [0.2, 0.25) is 25.7 Å². The summed E-state index contributed by atoms with van der Waals surface area (Å²) >= 11 is 0. The molecule has 0 aliphatic carbocycles. The van der Waals surface area contributed by atoms with E-state index in [9.17, 15) is 0 Å². The number of rotatable bonds is 4. The van der Waals surface area contributed by atoms with Crippen LogP contribution in [0.1, 0.15) is 11.1 Å². The summed E-state index contributed by atoms with van der Waals surface area (Å²) in [7, 11) is -0.911. The molecule has 0 bridgehead atoms. The van der Waals surface area contributed by atoms with Crippen molar-refractivity contribution in [3.8, 4) is 0 Å². The van der Waals surface area contributed by atoms with Gasteiger partial charge < -0.3 is 5.11 Å². The van der Waals surface area contributed by atoms with Crippen LogP contribution in [0.15, 0.2) is 24.3 Å². The number of aliphatic hydroxyl groups excluding tert-OH is 1. The fourth-order valence-electron chi connectivity index (χ4n) is 1.33. The van der Waals surface area contributed by atoms with Crippen LogP contribution in [0.3, 0.4) is 0 Å². The van der Waals surface area contributed by atoms with E-state index in [2.05, 4.69) is 31.8 Å². The highest BCUT2D eigenvalue weighted by Gasteiger charge is 2.12. The van der Waals surface area contributed by atoms with E-state index in [1.807, 2.05) is 12.1 Å². The van der Waals surface area contributed by atoms with Gasteiger partial charge in [-0.25, -0.2) is 0 Å². The zero-order chi connectivity index (χ0) is 10.6. The lowest BCUT2D eigenvalue weighted by Gasteiger charge is -2.15. The largest absolute Gasteiger partial charge is 0.392 e. The highest BCUT2D eigenvalue weighted by molar-refractivity contribution is 6.76. The Morgan fingerprint density at radius 1 is 1.00 bits per heavy atom. The maximum absolute atomic E-state index is 8.89. The smallest absolute Gasteiger partial charge is 0.0681 e. The Bertz CT molecular complexity index is 271. The van der Waals surface area contributed by atoms with E-state index in [1.54, 1.807) is 0 Å². The zero-order valence-corrected chi connectivity index (χ0v) is 10.4. The maximum Gasteiger partial charge on any atom is 0.0681 e. The minimum atomic E-state index is -0.911. The van der Waals surface area contributed by atoms with Crippen molar-refractivity contribution >= 4 is 8.07 Å². The molecule has 0 spiro atoms. The fourth-order valence-corrected chi connectivity index (χ4v) is 2.37. The first-order valence-corrected chi connectivity index (χ1v) is 8.91. The van der Waals surface area contributed by atoms with Gasteiger partial charge in [0, 0.05) is 8.07 Å². The molecule has 0 fully saturated rings. The van der Waals surface area contributed by atoms with Gasteiger partial charge in [0.05, 0.1) is 6.61 Å². The number of aliphatic hydroxyl groups is 1. The Morgan fingerprint density at radius 2 is 1.50 bits per heavy atom. The Hall–Kier alpha value is -0.603. The molecule has 0 amide bonds. The SMILES string of the molecule is C[Si](C)(C)CCc1ccc(CO)cc1. The van der Waals surface area contributed by atoms with Crippen molar-refractivity contribution in [3.05, 3.63) is 35.4 Å². The van der Waals surface area contributed by atoms with Crippen LogP contribution in [0, 0.1) is 0 Å². The predicted octanol–water partition coefficient (Wildman–Crippen LogP) is 3.06. The van der Waals surface area contributed by atoms with Crippen LogP contribution >= 0.6 is 0 Å². The number of benzene rings is 1. The van der Waals surface area contributed by atoms with Gasteiger partial charge in [0.2, 0.25) is 0 Å². The van der Waals surface area contributed by atoms with Crippen molar-refractivity contribution in [2.24, 2.45) is 0 Å². The van der Waals surface area contributed by atoms with Gasteiger partial charge >= 0.3 is 0 Å². The molecule has 1 aromatic carbocycles. The second kappa shape index (κ2) is 4.76. The van der Waals surface area contributed by atoms with E-state index < -0.39 is 8.07 Å². The number of hydrogen-bond donors (Lipinski definition) is 1. The number of aryl methyl sites for hydroxylation is 1.